The van der Waals surface area contributed by atoms with Crippen LogP contribution in [0.25, 0.3) is 0 Å². The lowest BCUT2D eigenvalue weighted by Gasteiger charge is -2.38. The predicted molar refractivity (Wildman–Crippen MR) is 83.4 cm³/mol. The molecule has 0 bridgehead atoms. The third kappa shape index (κ3) is 3.97. The van der Waals surface area contributed by atoms with E-state index in [-0.39, 0.29) is 11.4 Å². The molecule has 2 fully saturated rings. The predicted octanol–water partition coefficient (Wildman–Crippen LogP) is 3.47. The Morgan fingerprint density at radius 1 is 1.15 bits per heavy atom. The normalized spacial score (nSPS) is 29.9. The van der Waals surface area contributed by atoms with Gasteiger partial charge in [0.25, 0.3) is 0 Å². The molecule has 2 rings (SSSR count). The molecule has 2 N–H and O–H groups in total. The zero-order valence-electron chi connectivity index (χ0n) is 13.4. The molecule has 1 amide bonds. The second-order valence-corrected chi connectivity index (χ2v) is 7.19. The van der Waals surface area contributed by atoms with Crippen molar-refractivity contribution in [2.24, 2.45) is 11.7 Å². The average Bonchev–Trinajstić information content (AvgIpc) is 2.47. The van der Waals surface area contributed by atoms with Gasteiger partial charge in [0.2, 0.25) is 5.91 Å². The van der Waals surface area contributed by atoms with Crippen molar-refractivity contribution in [2.75, 3.05) is 7.05 Å². The van der Waals surface area contributed by atoms with Crippen LogP contribution >= 0.6 is 0 Å². The van der Waals surface area contributed by atoms with Crippen molar-refractivity contribution in [2.45, 2.75) is 89.1 Å². The lowest BCUT2D eigenvalue weighted by Crippen LogP contribution is -2.48. The van der Waals surface area contributed by atoms with E-state index in [0.717, 1.165) is 18.8 Å². The Kier molecular flexibility index (Phi) is 5.48. The van der Waals surface area contributed by atoms with Crippen molar-refractivity contribution in [3.8, 4) is 0 Å². The minimum atomic E-state index is -0.218. The number of hydrogen-bond acceptors (Lipinski definition) is 2. The van der Waals surface area contributed by atoms with Crippen LogP contribution in [0.2, 0.25) is 0 Å². The quantitative estimate of drug-likeness (QED) is 0.857. The first-order valence-corrected chi connectivity index (χ1v) is 8.58. The molecule has 2 saturated carbocycles. The summed E-state index contributed by atoms with van der Waals surface area (Å²) in [6, 6.07) is 0.456. The van der Waals surface area contributed by atoms with E-state index in [4.69, 9.17) is 5.73 Å². The highest BCUT2D eigenvalue weighted by Gasteiger charge is 2.33. The fourth-order valence-corrected chi connectivity index (χ4v) is 4.00. The van der Waals surface area contributed by atoms with Crippen LogP contribution in [0.15, 0.2) is 0 Å². The Labute approximate surface area is 124 Å². The minimum absolute atomic E-state index is 0.218. The van der Waals surface area contributed by atoms with E-state index < -0.39 is 0 Å². The number of rotatable bonds is 4. The first-order valence-electron chi connectivity index (χ1n) is 8.58. The highest BCUT2D eigenvalue weighted by atomic mass is 16.2. The summed E-state index contributed by atoms with van der Waals surface area (Å²) in [6.07, 6.45) is 12.5. The van der Waals surface area contributed by atoms with Gasteiger partial charge in [-0.15, -0.1) is 0 Å². The van der Waals surface area contributed by atoms with Gasteiger partial charge in [-0.25, -0.2) is 0 Å². The maximum absolute atomic E-state index is 12.5. The van der Waals surface area contributed by atoms with Crippen LogP contribution < -0.4 is 5.73 Å². The SMILES string of the molecule is CCC1CCC(N(C)C(=O)CC2(N)CCCCC2)CC1. The summed E-state index contributed by atoms with van der Waals surface area (Å²) in [5.41, 5.74) is 6.21. The topological polar surface area (TPSA) is 46.3 Å². The smallest absolute Gasteiger partial charge is 0.224 e. The highest BCUT2D eigenvalue weighted by molar-refractivity contribution is 5.77. The fraction of sp³-hybridized carbons (Fsp3) is 0.941. The van der Waals surface area contributed by atoms with E-state index in [9.17, 15) is 4.79 Å². The molecule has 0 spiro atoms. The summed E-state index contributed by atoms with van der Waals surface area (Å²) >= 11 is 0. The molecule has 0 aromatic heterocycles. The van der Waals surface area contributed by atoms with E-state index in [1.165, 1.54) is 51.4 Å². The Balaban J connectivity index is 1.82. The Morgan fingerprint density at radius 3 is 2.30 bits per heavy atom. The summed E-state index contributed by atoms with van der Waals surface area (Å²) in [6.45, 7) is 2.28. The third-order valence-corrected chi connectivity index (χ3v) is 5.69. The summed E-state index contributed by atoms with van der Waals surface area (Å²) < 4.78 is 0. The van der Waals surface area contributed by atoms with Gasteiger partial charge in [0.1, 0.15) is 0 Å². The van der Waals surface area contributed by atoms with E-state index in [1.807, 2.05) is 11.9 Å². The maximum atomic E-state index is 12.5. The van der Waals surface area contributed by atoms with E-state index in [0.29, 0.717) is 12.5 Å². The molecule has 2 aliphatic carbocycles. The second kappa shape index (κ2) is 6.93. The molecule has 116 valence electrons. The fourth-order valence-electron chi connectivity index (χ4n) is 4.00. The zero-order valence-corrected chi connectivity index (χ0v) is 13.4. The number of nitrogens with two attached hydrogens (primary N) is 1. The molecule has 2 aliphatic rings. The molecule has 0 aliphatic heterocycles. The monoisotopic (exact) mass is 280 g/mol. The van der Waals surface area contributed by atoms with Crippen molar-refractivity contribution < 1.29 is 4.79 Å². The van der Waals surface area contributed by atoms with Gasteiger partial charge in [-0.1, -0.05) is 32.6 Å². The van der Waals surface area contributed by atoms with Crippen LogP contribution in [0, 0.1) is 5.92 Å². The van der Waals surface area contributed by atoms with Gasteiger partial charge in [0.15, 0.2) is 0 Å². The average molecular weight is 280 g/mol. The maximum Gasteiger partial charge on any atom is 0.224 e. The van der Waals surface area contributed by atoms with Gasteiger partial charge in [0.05, 0.1) is 0 Å². The third-order valence-electron chi connectivity index (χ3n) is 5.69. The van der Waals surface area contributed by atoms with Gasteiger partial charge in [0, 0.05) is 25.0 Å². The number of carbonyl (C=O) groups is 1. The number of nitrogens with zero attached hydrogens (tertiary/aromatic N) is 1. The lowest BCUT2D eigenvalue weighted by atomic mass is 9.79. The summed E-state index contributed by atoms with van der Waals surface area (Å²) in [5.74, 6) is 1.16. The molecular weight excluding hydrogens is 248 g/mol. The number of hydrogen-bond donors (Lipinski definition) is 1. The molecule has 0 unspecified atom stereocenters. The molecular formula is C17H32N2O. The van der Waals surface area contributed by atoms with Crippen molar-refractivity contribution >= 4 is 5.91 Å². The molecule has 0 heterocycles. The van der Waals surface area contributed by atoms with Gasteiger partial charge in [-0.05, 0) is 44.4 Å². The molecule has 20 heavy (non-hydrogen) atoms. The van der Waals surface area contributed by atoms with Gasteiger partial charge in [-0.2, -0.15) is 0 Å². The summed E-state index contributed by atoms with van der Waals surface area (Å²) in [5, 5.41) is 0. The van der Waals surface area contributed by atoms with Crippen molar-refractivity contribution in [3.05, 3.63) is 0 Å². The molecule has 0 aromatic carbocycles. The molecule has 0 saturated heterocycles. The van der Waals surface area contributed by atoms with Crippen LogP contribution in [0.5, 0.6) is 0 Å². The van der Waals surface area contributed by atoms with E-state index in [1.54, 1.807) is 0 Å². The first kappa shape index (κ1) is 15.8. The van der Waals surface area contributed by atoms with Crippen LogP contribution in [0.4, 0.5) is 0 Å². The van der Waals surface area contributed by atoms with Crippen molar-refractivity contribution in [1.29, 1.82) is 0 Å². The zero-order chi connectivity index (χ0) is 14.6. The van der Waals surface area contributed by atoms with Gasteiger partial charge >= 0.3 is 0 Å². The Morgan fingerprint density at radius 2 is 1.75 bits per heavy atom. The van der Waals surface area contributed by atoms with Gasteiger partial charge < -0.3 is 10.6 Å². The highest BCUT2D eigenvalue weighted by Crippen LogP contribution is 2.32. The van der Waals surface area contributed by atoms with Crippen LogP contribution in [0.1, 0.15) is 77.6 Å². The van der Waals surface area contributed by atoms with Crippen LogP contribution in [-0.2, 0) is 4.79 Å². The lowest BCUT2D eigenvalue weighted by molar-refractivity contribution is -0.134. The summed E-state index contributed by atoms with van der Waals surface area (Å²) in [7, 11) is 1.99. The largest absolute Gasteiger partial charge is 0.343 e. The van der Waals surface area contributed by atoms with Crippen molar-refractivity contribution in [3.63, 3.8) is 0 Å². The Bertz CT molecular complexity index is 315. The molecule has 3 nitrogen and oxygen atoms in total. The molecule has 0 atom stereocenters. The molecule has 0 aromatic rings. The summed E-state index contributed by atoms with van der Waals surface area (Å²) in [4.78, 5) is 14.5. The van der Waals surface area contributed by atoms with Crippen LogP contribution in [-0.4, -0.2) is 29.4 Å². The number of amides is 1. The van der Waals surface area contributed by atoms with E-state index >= 15 is 0 Å². The second-order valence-electron chi connectivity index (χ2n) is 7.19. The molecule has 3 heteroatoms. The van der Waals surface area contributed by atoms with Crippen molar-refractivity contribution in [1.82, 2.24) is 4.90 Å². The first-order chi connectivity index (χ1) is 9.54. The van der Waals surface area contributed by atoms with E-state index in [2.05, 4.69) is 6.92 Å². The molecule has 0 radical (unpaired) electrons. The Hall–Kier alpha value is -0.570. The standard InChI is InChI=1S/C17H32N2O/c1-3-14-7-9-15(10-8-14)19(2)16(20)13-17(18)11-5-4-6-12-17/h14-15H,3-13,18H2,1-2H3. The minimum Gasteiger partial charge on any atom is -0.343 e. The van der Waals surface area contributed by atoms with Gasteiger partial charge in [-0.3, -0.25) is 4.79 Å². The van der Waals surface area contributed by atoms with Crippen LogP contribution in [0.3, 0.4) is 0 Å². The number of carbonyl (C=O) groups excluding carboxylic acids is 1.